The number of hydrogen-bond donors (Lipinski definition) is 2. The Morgan fingerprint density at radius 2 is 2.26 bits per heavy atom. The van der Waals surface area contributed by atoms with Crippen molar-refractivity contribution in [1.82, 2.24) is 10.2 Å². The molecule has 1 aromatic rings. The Morgan fingerprint density at radius 3 is 3.00 bits per heavy atom. The van der Waals surface area contributed by atoms with Gasteiger partial charge in [0.1, 0.15) is 0 Å². The molecule has 2 rings (SSSR count). The maximum Gasteiger partial charge on any atom is 0.239 e. The number of amides is 2. The molecule has 2 amide bonds. The van der Waals surface area contributed by atoms with E-state index in [2.05, 4.69) is 5.32 Å². The lowest BCUT2D eigenvalue weighted by molar-refractivity contribution is -0.136. The molecule has 1 aliphatic rings. The smallest absolute Gasteiger partial charge is 0.239 e. The van der Waals surface area contributed by atoms with E-state index in [0.29, 0.717) is 18.8 Å². The lowest BCUT2D eigenvalue weighted by atomic mass is 9.99. The Bertz CT molecular complexity index is 487. The van der Waals surface area contributed by atoms with Gasteiger partial charge in [-0.15, -0.1) is 0 Å². The number of nitrogens with zero attached hydrogens (tertiary/aromatic N) is 1. The van der Waals surface area contributed by atoms with Gasteiger partial charge < -0.3 is 16.0 Å². The fourth-order valence-electron chi connectivity index (χ4n) is 2.24. The highest BCUT2D eigenvalue weighted by Crippen LogP contribution is 2.20. The second-order valence-corrected chi connectivity index (χ2v) is 4.86. The van der Waals surface area contributed by atoms with Gasteiger partial charge >= 0.3 is 0 Å². The van der Waals surface area contributed by atoms with Crippen LogP contribution in [0.3, 0.4) is 0 Å². The van der Waals surface area contributed by atoms with Crippen molar-refractivity contribution >= 4 is 17.5 Å². The highest BCUT2D eigenvalue weighted by atomic mass is 16.2. The lowest BCUT2D eigenvalue weighted by Crippen LogP contribution is -2.39. The van der Waals surface area contributed by atoms with Gasteiger partial charge in [-0.1, -0.05) is 12.1 Å². The highest BCUT2D eigenvalue weighted by Gasteiger charge is 2.25. The van der Waals surface area contributed by atoms with Crippen molar-refractivity contribution < 1.29 is 9.59 Å². The summed E-state index contributed by atoms with van der Waals surface area (Å²) in [6.07, 6.45) is 0.793. The first-order chi connectivity index (χ1) is 9.08. The van der Waals surface area contributed by atoms with E-state index in [-0.39, 0.29) is 24.3 Å². The average molecular weight is 261 g/mol. The van der Waals surface area contributed by atoms with Crippen molar-refractivity contribution in [1.29, 1.82) is 0 Å². The van der Waals surface area contributed by atoms with Crippen LogP contribution < -0.4 is 11.1 Å². The summed E-state index contributed by atoms with van der Waals surface area (Å²) in [5, 5.41) is 2.76. The maximum absolute atomic E-state index is 12.4. The minimum Gasteiger partial charge on any atom is -0.399 e. The predicted molar refractivity (Wildman–Crippen MR) is 73.5 cm³/mol. The number of nitrogens with one attached hydrogen (secondary N) is 1. The number of anilines is 1. The van der Waals surface area contributed by atoms with Gasteiger partial charge in [-0.3, -0.25) is 9.59 Å². The molecule has 1 atom stereocenters. The van der Waals surface area contributed by atoms with Crippen LogP contribution in [0.5, 0.6) is 0 Å². The summed E-state index contributed by atoms with van der Waals surface area (Å²) in [7, 11) is 0. The fourth-order valence-corrected chi connectivity index (χ4v) is 2.24. The SMILES string of the molecule is CC(C(=O)N1CCCNC(=O)C1)c1cccc(N)c1. The quantitative estimate of drug-likeness (QED) is 0.770. The van der Waals surface area contributed by atoms with Gasteiger partial charge in [0.25, 0.3) is 0 Å². The van der Waals surface area contributed by atoms with E-state index in [1.165, 1.54) is 0 Å². The number of nitrogen functional groups attached to an aromatic ring is 1. The molecule has 1 fully saturated rings. The molecule has 0 spiro atoms. The molecule has 1 unspecified atom stereocenters. The molecule has 102 valence electrons. The van der Waals surface area contributed by atoms with Crippen LogP contribution in [0, 0.1) is 0 Å². The number of rotatable bonds is 2. The van der Waals surface area contributed by atoms with Crippen LogP contribution in [-0.4, -0.2) is 36.3 Å². The molecular weight excluding hydrogens is 242 g/mol. The van der Waals surface area contributed by atoms with Gasteiger partial charge in [-0.25, -0.2) is 0 Å². The van der Waals surface area contributed by atoms with E-state index in [9.17, 15) is 9.59 Å². The molecule has 1 aromatic carbocycles. The van der Waals surface area contributed by atoms with Crippen molar-refractivity contribution in [3.63, 3.8) is 0 Å². The van der Waals surface area contributed by atoms with E-state index < -0.39 is 0 Å². The summed E-state index contributed by atoms with van der Waals surface area (Å²) < 4.78 is 0. The second kappa shape index (κ2) is 5.73. The zero-order valence-corrected chi connectivity index (χ0v) is 11.1. The summed E-state index contributed by atoms with van der Waals surface area (Å²) in [4.78, 5) is 25.5. The van der Waals surface area contributed by atoms with Gasteiger partial charge in [0.05, 0.1) is 12.5 Å². The Morgan fingerprint density at radius 1 is 1.47 bits per heavy atom. The van der Waals surface area contributed by atoms with Crippen LogP contribution in [0.4, 0.5) is 5.69 Å². The first-order valence-corrected chi connectivity index (χ1v) is 6.49. The number of hydrogen-bond acceptors (Lipinski definition) is 3. The van der Waals surface area contributed by atoms with Crippen molar-refractivity contribution in [2.24, 2.45) is 0 Å². The number of nitrogens with two attached hydrogens (primary N) is 1. The molecule has 3 N–H and O–H groups in total. The maximum atomic E-state index is 12.4. The van der Waals surface area contributed by atoms with Crippen LogP contribution >= 0.6 is 0 Å². The third-order valence-electron chi connectivity index (χ3n) is 3.35. The third-order valence-corrected chi connectivity index (χ3v) is 3.35. The van der Waals surface area contributed by atoms with E-state index in [0.717, 1.165) is 12.0 Å². The monoisotopic (exact) mass is 261 g/mol. The summed E-state index contributed by atoms with van der Waals surface area (Å²) in [5.74, 6) is -0.400. The molecule has 0 aromatic heterocycles. The molecule has 1 heterocycles. The van der Waals surface area contributed by atoms with Gasteiger partial charge in [0.2, 0.25) is 11.8 Å². The third kappa shape index (κ3) is 3.24. The molecule has 0 saturated carbocycles. The molecule has 0 aliphatic carbocycles. The van der Waals surface area contributed by atoms with Crippen molar-refractivity contribution in [2.45, 2.75) is 19.3 Å². The summed E-state index contributed by atoms with van der Waals surface area (Å²) in [6, 6.07) is 7.32. The Labute approximate surface area is 112 Å². The standard InChI is InChI=1S/C14H19N3O2/c1-10(11-4-2-5-12(15)8-11)14(19)17-7-3-6-16-13(18)9-17/h2,4-5,8,10H,3,6-7,9,15H2,1H3,(H,16,18). The largest absolute Gasteiger partial charge is 0.399 e. The molecule has 1 saturated heterocycles. The van der Waals surface area contributed by atoms with Crippen LogP contribution in [0.15, 0.2) is 24.3 Å². The Kier molecular flexibility index (Phi) is 4.04. The number of carbonyl (C=O) groups excluding carboxylic acids is 2. The van der Waals surface area contributed by atoms with Gasteiger partial charge in [0, 0.05) is 18.8 Å². The van der Waals surface area contributed by atoms with E-state index >= 15 is 0 Å². The molecule has 1 aliphatic heterocycles. The van der Waals surface area contributed by atoms with E-state index in [1.54, 1.807) is 17.0 Å². The van der Waals surface area contributed by atoms with Gasteiger partial charge in [-0.05, 0) is 31.0 Å². The normalized spacial score (nSPS) is 17.5. The van der Waals surface area contributed by atoms with Crippen molar-refractivity contribution in [2.75, 3.05) is 25.4 Å². The van der Waals surface area contributed by atoms with Crippen LogP contribution in [0.1, 0.15) is 24.8 Å². The number of carbonyl (C=O) groups is 2. The summed E-state index contributed by atoms with van der Waals surface area (Å²) in [5.41, 5.74) is 7.26. The summed E-state index contributed by atoms with van der Waals surface area (Å²) in [6.45, 7) is 3.24. The molecule has 19 heavy (non-hydrogen) atoms. The Hall–Kier alpha value is -2.04. The van der Waals surface area contributed by atoms with E-state index in [1.807, 2.05) is 19.1 Å². The second-order valence-electron chi connectivity index (χ2n) is 4.86. The minimum atomic E-state index is -0.283. The number of benzene rings is 1. The molecule has 5 heteroatoms. The topological polar surface area (TPSA) is 75.4 Å². The van der Waals surface area contributed by atoms with E-state index in [4.69, 9.17) is 5.73 Å². The van der Waals surface area contributed by atoms with Crippen LogP contribution in [-0.2, 0) is 9.59 Å². The molecule has 5 nitrogen and oxygen atoms in total. The first kappa shape index (κ1) is 13.4. The highest BCUT2D eigenvalue weighted by molar-refractivity contribution is 5.88. The van der Waals surface area contributed by atoms with Gasteiger partial charge in [-0.2, -0.15) is 0 Å². The zero-order chi connectivity index (χ0) is 13.8. The van der Waals surface area contributed by atoms with Gasteiger partial charge in [0.15, 0.2) is 0 Å². The molecule has 0 bridgehead atoms. The minimum absolute atomic E-state index is 0.0253. The molecule has 0 radical (unpaired) electrons. The fraction of sp³-hybridized carbons (Fsp3) is 0.429. The first-order valence-electron chi connectivity index (χ1n) is 6.49. The average Bonchev–Trinajstić information content (AvgIpc) is 2.61. The predicted octanol–water partition coefficient (Wildman–Crippen LogP) is 0.721. The van der Waals surface area contributed by atoms with Crippen molar-refractivity contribution in [3.8, 4) is 0 Å². The van der Waals surface area contributed by atoms with Crippen LogP contribution in [0.2, 0.25) is 0 Å². The van der Waals surface area contributed by atoms with Crippen LogP contribution in [0.25, 0.3) is 0 Å². The molecular formula is C14H19N3O2. The zero-order valence-electron chi connectivity index (χ0n) is 11.1. The summed E-state index contributed by atoms with van der Waals surface area (Å²) >= 11 is 0. The van der Waals surface area contributed by atoms with Crippen molar-refractivity contribution in [3.05, 3.63) is 29.8 Å². The lowest BCUT2D eigenvalue weighted by Gasteiger charge is -2.23. The Balaban J connectivity index is 2.11.